The van der Waals surface area contributed by atoms with Crippen molar-refractivity contribution in [3.05, 3.63) is 112 Å². The van der Waals surface area contributed by atoms with E-state index in [0.717, 1.165) is 52.9 Å². The fourth-order valence-corrected chi connectivity index (χ4v) is 8.04. The van der Waals surface area contributed by atoms with E-state index in [-0.39, 0.29) is 6.04 Å². The number of aryl methyl sites for hydroxylation is 4. The summed E-state index contributed by atoms with van der Waals surface area (Å²) in [5, 5.41) is 14.8. The van der Waals surface area contributed by atoms with Crippen LogP contribution in [0.15, 0.2) is 72.8 Å². The van der Waals surface area contributed by atoms with Crippen LogP contribution in [0.3, 0.4) is 0 Å². The molecule has 288 valence electrons. The first-order valence-corrected chi connectivity index (χ1v) is 19.6. The monoisotopic (exact) mass is 772 g/mol. The number of hydrogen-bond donors (Lipinski definition) is 0. The van der Waals surface area contributed by atoms with Crippen LogP contribution in [0.4, 0.5) is 29.0 Å². The van der Waals surface area contributed by atoms with Gasteiger partial charge in [0.25, 0.3) is 11.9 Å². The summed E-state index contributed by atoms with van der Waals surface area (Å²) in [6.07, 6.45) is 1.58. The quantitative estimate of drug-likeness (QED) is 0.162. The molecule has 14 nitrogen and oxygen atoms in total. The third-order valence-corrected chi connectivity index (χ3v) is 10.8. The molecule has 6 aromatic rings. The van der Waals surface area contributed by atoms with Gasteiger partial charge in [0.05, 0.1) is 49.5 Å². The van der Waals surface area contributed by atoms with E-state index >= 15 is 0 Å². The second-order valence-corrected chi connectivity index (χ2v) is 15.0. The van der Waals surface area contributed by atoms with Crippen molar-refractivity contribution in [3.8, 4) is 11.9 Å². The number of hydrazine groups is 1. The Labute approximate surface area is 331 Å². The maximum atomic E-state index is 6.58. The Morgan fingerprint density at radius 2 is 1.09 bits per heavy atom. The summed E-state index contributed by atoms with van der Waals surface area (Å²) in [7, 11) is 0. The van der Waals surface area contributed by atoms with Crippen LogP contribution in [0.5, 0.6) is 0 Å². The Morgan fingerprint density at radius 1 is 0.607 bits per heavy atom. The molecule has 0 saturated carbocycles. The third kappa shape index (κ3) is 7.15. The lowest BCUT2D eigenvalue weighted by atomic mass is 10.1. The normalized spacial score (nSPS) is 16.0. The molecule has 1 aliphatic carbocycles. The molecule has 0 bridgehead atoms. The highest BCUT2D eigenvalue weighted by Crippen LogP contribution is 2.38. The molecular formula is C41H45ClN12O2. The van der Waals surface area contributed by atoms with Gasteiger partial charge in [-0.05, 0) is 88.1 Å². The molecule has 0 radical (unpaired) electrons. The fraction of sp³-hybridized carbons (Fsp3) is 0.366. The van der Waals surface area contributed by atoms with Gasteiger partial charge >= 0.3 is 0 Å². The van der Waals surface area contributed by atoms with Gasteiger partial charge in [-0.3, -0.25) is 5.01 Å². The number of morpholine rings is 2. The van der Waals surface area contributed by atoms with Gasteiger partial charge in [0.2, 0.25) is 0 Å². The largest absolute Gasteiger partial charge is 0.378 e. The van der Waals surface area contributed by atoms with Crippen LogP contribution < -0.4 is 19.8 Å². The fourth-order valence-electron chi connectivity index (χ4n) is 7.92. The molecule has 56 heavy (non-hydrogen) atoms. The molecule has 2 saturated heterocycles. The van der Waals surface area contributed by atoms with Crippen molar-refractivity contribution in [3.63, 3.8) is 0 Å². The van der Waals surface area contributed by atoms with Crippen molar-refractivity contribution in [2.75, 3.05) is 72.4 Å². The Kier molecular flexibility index (Phi) is 9.77. The molecule has 4 aromatic heterocycles. The highest BCUT2D eigenvalue weighted by Gasteiger charge is 2.36. The van der Waals surface area contributed by atoms with Gasteiger partial charge < -0.3 is 19.3 Å². The molecule has 6 heterocycles. The summed E-state index contributed by atoms with van der Waals surface area (Å²) < 4.78 is 15.2. The zero-order valence-electron chi connectivity index (χ0n) is 32.1. The van der Waals surface area contributed by atoms with Crippen molar-refractivity contribution < 1.29 is 9.47 Å². The van der Waals surface area contributed by atoms with Gasteiger partial charge in [0.1, 0.15) is 11.6 Å². The standard InChI is InChI=1S/C41H45ClN12O2/c1-27-21-29(3)51(47-27)40-43-36(49-13-17-55-18-14-49)25-38(45-40)53(34-11-9-33(42)10-12-34)54(35-23-31-7-5-6-8-32(31)24-35)39-26-37(50-15-19-56-20-16-50)44-41(46-39)52-30(4)22-28(2)48-52/h5-12,21-22,25-26,35H,13-20,23-24H2,1-4H3. The number of ether oxygens (including phenoxy) is 2. The summed E-state index contributed by atoms with van der Waals surface area (Å²) in [4.78, 5) is 25.5. The third-order valence-electron chi connectivity index (χ3n) is 10.6. The zero-order chi connectivity index (χ0) is 38.3. The number of hydrogen-bond acceptors (Lipinski definition) is 12. The predicted octanol–water partition coefficient (Wildman–Crippen LogP) is 5.93. The first kappa shape index (κ1) is 36.1. The molecule has 9 rings (SSSR count). The average Bonchev–Trinajstić information content (AvgIpc) is 3.91. The Balaban J connectivity index is 1.30. The lowest BCUT2D eigenvalue weighted by Crippen LogP contribution is -2.49. The number of benzene rings is 2. The maximum absolute atomic E-state index is 6.58. The Morgan fingerprint density at radius 3 is 1.57 bits per heavy atom. The summed E-state index contributed by atoms with van der Waals surface area (Å²) in [6.45, 7) is 13.3. The highest BCUT2D eigenvalue weighted by atomic mass is 35.5. The second-order valence-electron chi connectivity index (χ2n) is 14.6. The van der Waals surface area contributed by atoms with Crippen LogP contribution in [0.1, 0.15) is 33.9 Å². The molecular weight excluding hydrogens is 728 g/mol. The summed E-state index contributed by atoms with van der Waals surface area (Å²) in [5.41, 5.74) is 7.13. The van der Waals surface area contributed by atoms with Crippen LogP contribution in [0.25, 0.3) is 11.9 Å². The maximum Gasteiger partial charge on any atom is 0.254 e. The molecule has 2 fully saturated rings. The zero-order valence-corrected chi connectivity index (χ0v) is 32.9. The van der Waals surface area contributed by atoms with E-state index in [2.05, 4.69) is 56.2 Å². The SMILES string of the molecule is Cc1cc(C)n(-c2nc(N3CCOCC3)cc(N(c3ccc(Cl)cc3)N(c3cc(N4CCOCC4)nc(-n4nc(C)cc4C)n3)C3Cc4ccccc4C3)n2)n1. The van der Waals surface area contributed by atoms with E-state index in [9.17, 15) is 0 Å². The van der Waals surface area contributed by atoms with Crippen molar-refractivity contribution in [2.45, 2.75) is 46.6 Å². The minimum atomic E-state index is -0.0530. The van der Waals surface area contributed by atoms with Gasteiger partial charge in [-0.2, -0.15) is 30.1 Å². The van der Waals surface area contributed by atoms with E-state index in [4.69, 9.17) is 51.2 Å². The van der Waals surface area contributed by atoms with E-state index in [1.165, 1.54) is 11.1 Å². The summed E-state index contributed by atoms with van der Waals surface area (Å²) in [5.74, 6) is 3.92. The molecule has 0 N–H and O–H groups in total. The number of anilines is 5. The van der Waals surface area contributed by atoms with Gasteiger partial charge in [0.15, 0.2) is 11.6 Å². The van der Waals surface area contributed by atoms with Crippen LogP contribution >= 0.6 is 11.6 Å². The van der Waals surface area contributed by atoms with Gasteiger partial charge in [0, 0.05) is 54.7 Å². The molecule has 2 aliphatic heterocycles. The predicted molar refractivity (Wildman–Crippen MR) is 217 cm³/mol. The summed E-state index contributed by atoms with van der Waals surface area (Å²) >= 11 is 6.58. The molecule has 0 amide bonds. The van der Waals surface area contributed by atoms with Crippen LogP contribution in [-0.4, -0.2) is 98.1 Å². The molecule has 3 aliphatic rings. The van der Waals surface area contributed by atoms with Crippen molar-refractivity contribution in [1.29, 1.82) is 0 Å². The van der Waals surface area contributed by atoms with Crippen LogP contribution in [0, 0.1) is 27.7 Å². The number of nitrogens with zero attached hydrogens (tertiary/aromatic N) is 12. The molecule has 0 spiro atoms. The lowest BCUT2D eigenvalue weighted by molar-refractivity contribution is 0.122. The van der Waals surface area contributed by atoms with Crippen LogP contribution in [-0.2, 0) is 22.3 Å². The number of fused-ring (bicyclic) bond motifs is 1. The number of rotatable bonds is 9. The summed E-state index contributed by atoms with van der Waals surface area (Å²) in [6, 6.07) is 24.8. The smallest absolute Gasteiger partial charge is 0.254 e. The minimum Gasteiger partial charge on any atom is -0.378 e. The number of halogens is 1. The first-order valence-electron chi connectivity index (χ1n) is 19.2. The lowest BCUT2D eigenvalue weighted by Gasteiger charge is -2.41. The topological polar surface area (TPSA) is 119 Å². The highest BCUT2D eigenvalue weighted by molar-refractivity contribution is 6.30. The van der Waals surface area contributed by atoms with Crippen LogP contribution in [0.2, 0.25) is 5.02 Å². The van der Waals surface area contributed by atoms with E-state index in [1.807, 2.05) is 73.5 Å². The molecule has 15 heteroatoms. The van der Waals surface area contributed by atoms with Gasteiger partial charge in [-0.25, -0.2) is 14.4 Å². The average molecular weight is 773 g/mol. The molecule has 0 unspecified atom stereocenters. The Bertz CT molecular complexity index is 2320. The van der Waals surface area contributed by atoms with Crippen molar-refractivity contribution in [1.82, 2.24) is 39.5 Å². The van der Waals surface area contributed by atoms with E-state index in [0.29, 0.717) is 81.2 Å². The first-order chi connectivity index (χ1) is 27.3. The number of aromatic nitrogens is 8. The minimum absolute atomic E-state index is 0.0530. The van der Waals surface area contributed by atoms with E-state index < -0.39 is 0 Å². The molecule has 0 atom stereocenters. The van der Waals surface area contributed by atoms with Gasteiger partial charge in [-0.1, -0.05) is 35.9 Å². The van der Waals surface area contributed by atoms with Gasteiger partial charge in [-0.15, -0.1) is 0 Å². The molecule has 2 aromatic carbocycles. The van der Waals surface area contributed by atoms with Crippen molar-refractivity contribution in [2.24, 2.45) is 0 Å². The van der Waals surface area contributed by atoms with Crippen molar-refractivity contribution >= 4 is 40.6 Å². The Hall–Kier alpha value is -5.57. The van der Waals surface area contributed by atoms with E-state index in [1.54, 1.807) is 0 Å². The second kappa shape index (κ2) is 15.2.